The normalized spacial score (nSPS) is 13.0. The summed E-state index contributed by atoms with van der Waals surface area (Å²) in [5.41, 5.74) is 4.59. The summed E-state index contributed by atoms with van der Waals surface area (Å²) in [7, 11) is 3.91. The van der Waals surface area contributed by atoms with Crippen molar-refractivity contribution in [1.82, 2.24) is 15.1 Å². The third-order valence-electron chi connectivity index (χ3n) is 3.02. The predicted octanol–water partition coefficient (Wildman–Crippen LogP) is 1.94. The lowest BCUT2D eigenvalue weighted by atomic mass is 10.00. The van der Waals surface area contributed by atoms with Crippen LogP contribution in [0.15, 0.2) is 23.0 Å². The summed E-state index contributed by atoms with van der Waals surface area (Å²) < 4.78 is 7.05. The first-order chi connectivity index (χ1) is 7.65. The molecule has 2 heterocycles. The molecule has 0 bridgehead atoms. The van der Waals surface area contributed by atoms with Crippen molar-refractivity contribution in [3.05, 3.63) is 41.1 Å². The molecule has 0 aromatic carbocycles. The molecule has 4 heteroatoms. The molecule has 1 atom stereocenters. The highest BCUT2D eigenvalue weighted by molar-refractivity contribution is 5.35. The number of aromatic nitrogens is 2. The molecule has 0 saturated heterocycles. The van der Waals surface area contributed by atoms with Crippen LogP contribution in [0, 0.1) is 13.8 Å². The molecular weight excluding hydrogens is 202 g/mol. The maximum absolute atomic E-state index is 5.14. The van der Waals surface area contributed by atoms with E-state index in [0.29, 0.717) is 0 Å². The molecule has 0 amide bonds. The van der Waals surface area contributed by atoms with E-state index in [-0.39, 0.29) is 6.04 Å². The van der Waals surface area contributed by atoms with Crippen LogP contribution in [-0.4, -0.2) is 16.8 Å². The fourth-order valence-electron chi connectivity index (χ4n) is 2.12. The van der Waals surface area contributed by atoms with Gasteiger partial charge in [-0.3, -0.25) is 4.68 Å². The molecule has 86 valence electrons. The maximum atomic E-state index is 5.14. The van der Waals surface area contributed by atoms with Crippen LogP contribution in [-0.2, 0) is 7.05 Å². The average molecular weight is 219 g/mol. The lowest BCUT2D eigenvalue weighted by Crippen LogP contribution is -2.18. The third kappa shape index (κ3) is 1.65. The molecule has 1 unspecified atom stereocenters. The van der Waals surface area contributed by atoms with Crippen LogP contribution in [0.25, 0.3) is 0 Å². The van der Waals surface area contributed by atoms with Gasteiger partial charge in [0.25, 0.3) is 0 Å². The van der Waals surface area contributed by atoms with Gasteiger partial charge in [-0.25, -0.2) is 0 Å². The van der Waals surface area contributed by atoms with Crippen LogP contribution in [0.3, 0.4) is 0 Å². The van der Waals surface area contributed by atoms with Crippen LogP contribution in [0.4, 0.5) is 0 Å². The van der Waals surface area contributed by atoms with E-state index in [1.165, 1.54) is 11.3 Å². The lowest BCUT2D eigenvalue weighted by Gasteiger charge is -2.15. The van der Waals surface area contributed by atoms with Crippen molar-refractivity contribution in [1.29, 1.82) is 0 Å². The number of aryl methyl sites for hydroxylation is 2. The molecular formula is C12H17N3O. The van der Waals surface area contributed by atoms with Crippen molar-refractivity contribution in [3.63, 3.8) is 0 Å². The van der Waals surface area contributed by atoms with Crippen molar-refractivity contribution in [2.75, 3.05) is 7.05 Å². The number of nitrogens with zero attached hydrogens (tertiary/aromatic N) is 2. The molecule has 0 aliphatic heterocycles. The molecule has 16 heavy (non-hydrogen) atoms. The first-order valence-corrected chi connectivity index (χ1v) is 5.34. The fraction of sp³-hybridized carbons (Fsp3) is 0.417. The summed E-state index contributed by atoms with van der Waals surface area (Å²) in [6.45, 7) is 4.12. The van der Waals surface area contributed by atoms with Crippen LogP contribution in [0.2, 0.25) is 0 Å². The first kappa shape index (κ1) is 11.0. The van der Waals surface area contributed by atoms with E-state index in [9.17, 15) is 0 Å². The average Bonchev–Trinajstić information content (AvgIpc) is 2.84. The molecule has 1 N–H and O–H groups in total. The largest absolute Gasteiger partial charge is 0.472 e. The molecule has 4 nitrogen and oxygen atoms in total. The van der Waals surface area contributed by atoms with Gasteiger partial charge < -0.3 is 9.73 Å². The zero-order chi connectivity index (χ0) is 11.7. The van der Waals surface area contributed by atoms with E-state index in [2.05, 4.69) is 17.3 Å². The standard InChI is InChI=1S/C12H17N3O/c1-8-11(9(2)15(4)14-8)12(13-3)10-5-6-16-7-10/h5-7,12-13H,1-4H3. The zero-order valence-corrected chi connectivity index (χ0v) is 10.1. The summed E-state index contributed by atoms with van der Waals surface area (Å²) in [4.78, 5) is 0. The number of hydrogen-bond acceptors (Lipinski definition) is 3. The molecule has 2 rings (SSSR count). The van der Waals surface area contributed by atoms with Gasteiger partial charge in [-0.1, -0.05) is 0 Å². The summed E-state index contributed by atoms with van der Waals surface area (Å²) in [6, 6.07) is 2.12. The lowest BCUT2D eigenvalue weighted by molar-refractivity contribution is 0.557. The van der Waals surface area contributed by atoms with E-state index in [0.717, 1.165) is 11.3 Å². The minimum absolute atomic E-state index is 0.146. The van der Waals surface area contributed by atoms with Crippen LogP contribution < -0.4 is 5.32 Å². The first-order valence-electron chi connectivity index (χ1n) is 5.34. The summed E-state index contributed by atoms with van der Waals surface area (Å²) in [5.74, 6) is 0. The topological polar surface area (TPSA) is 43.0 Å². The third-order valence-corrected chi connectivity index (χ3v) is 3.02. The van der Waals surface area contributed by atoms with Crippen LogP contribution in [0.1, 0.15) is 28.6 Å². The quantitative estimate of drug-likeness (QED) is 0.857. The summed E-state index contributed by atoms with van der Waals surface area (Å²) in [5, 5.41) is 7.74. The second kappa shape index (κ2) is 4.14. The number of rotatable bonds is 3. The highest BCUT2D eigenvalue weighted by atomic mass is 16.3. The van der Waals surface area contributed by atoms with Crippen LogP contribution in [0.5, 0.6) is 0 Å². The van der Waals surface area contributed by atoms with Gasteiger partial charge in [-0.05, 0) is 27.0 Å². The van der Waals surface area contributed by atoms with Gasteiger partial charge in [0, 0.05) is 23.9 Å². The van der Waals surface area contributed by atoms with E-state index in [1.807, 2.05) is 31.8 Å². The van der Waals surface area contributed by atoms with Crippen molar-refractivity contribution in [2.45, 2.75) is 19.9 Å². The SMILES string of the molecule is CNC(c1ccoc1)c1c(C)nn(C)c1C. The molecule has 2 aromatic rings. The summed E-state index contributed by atoms with van der Waals surface area (Å²) in [6.07, 6.45) is 3.47. The number of nitrogens with one attached hydrogen (secondary N) is 1. The Kier molecular flexibility index (Phi) is 2.83. The predicted molar refractivity (Wildman–Crippen MR) is 62.3 cm³/mol. The Bertz CT molecular complexity index is 471. The highest BCUT2D eigenvalue weighted by Gasteiger charge is 2.20. The minimum atomic E-state index is 0.146. The van der Waals surface area contributed by atoms with Gasteiger partial charge in [-0.2, -0.15) is 5.10 Å². The summed E-state index contributed by atoms with van der Waals surface area (Å²) >= 11 is 0. The maximum Gasteiger partial charge on any atom is 0.0953 e. The molecule has 0 aliphatic carbocycles. The minimum Gasteiger partial charge on any atom is -0.472 e. The molecule has 0 saturated carbocycles. The highest BCUT2D eigenvalue weighted by Crippen LogP contribution is 2.27. The van der Waals surface area contributed by atoms with Gasteiger partial charge in [0.15, 0.2) is 0 Å². The zero-order valence-electron chi connectivity index (χ0n) is 10.1. The van der Waals surface area contributed by atoms with E-state index in [4.69, 9.17) is 4.42 Å². The van der Waals surface area contributed by atoms with Gasteiger partial charge >= 0.3 is 0 Å². The Balaban J connectivity index is 2.49. The molecule has 0 radical (unpaired) electrons. The van der Waals surface area contributed by atoms with E-state index in [1.54, 1.807) is 12.5 Å². The molecule has 0 aliphatic rings. The molecule has 2 aromatic heterocycles. The Hall–Kier alpha value is -1.55. The number of hydrogen-bond donors (Lipinski definition) is 1. The fourth-order valence-corrected chi connectivity index (χ4v) is 2.12. The molecule has 0 fully saturated rings. The van der Waals surface area contributed by atoms with E-state index < -0.39 is 0 Å². The second-order valence-corrected chi connectivity index (χ2v) is 3.99. The van der Waals surface area contributed by atoms with Gasteiger partial charge in [0.05, 0.1) is 24.3 Å². The van der Waals surface area contributed by atoms with E-state index >= 15 is 0 Å². The smallest absolute Gasteiger partial charge is 0.0953 e. The van der Waals surface area contributed by atoms with Gasteiger partial charge in [0.1, 0.15) is 0 Å². The monoisotopic (exact) mass is 219 g/mol. The second-order valence-electron chi connectivity index (χ2n) is 3.99. The van der Waals surface area contributed by atoms with Crippen molar-refractivity contribution < 1.29 is 4.42 Å². The Morgan fingerprint density at radius 1 is 1.44 bits per heavy atom. The number of furan rings is 1. The molecule has 0 spiro atoms. The van der Waals surface area contributed by atoms with Gasteiger partial charge in [-0.15, -0.1) is 0 Å². The van der Waals surface area contributed by atoms with Crippen molar-refractivity contribution in [2.24, 2.45) is 7.05 Å². The van der Waals surface area contributed by atoms with Gasteiger partial charge in [0.2, 0.25) is 0 Å². The van der Waals surface area contributed by atoms with Crippen molar-refractivity contribution >= 4 is 0 Å². The Labute approximate surface area is 95.3 Å². The van der Waals surface area contributed by atoms with Crippen LogP contribution >= 0.6 is 0 Å². The Morgan fingerprint density at radius 3 is 2.62 bits per heavy atom. The Morgan fingerprint density at radius 2 is 2.19 bits per heavy atom. The van der Waals surface area contributed by atoms with Crippen molar-refractivity contribution in [3.8, 4) is 0 Å².